The highest BCUT2D eigenvalue weighted by molar-refractivity contribution is 6.04. The van der Waals surface area contributed by atoms with E-state index in [1.807, 2.05) is 0 Å². The molecule has 0 spiro atoms. The lowest BCUT2D eigenvalue weighted by Crippen LogP contribution is -3.17. The van der Waals surface area contributed by atoms with Gasteiger partial charge in [-0.05, 0) is 19.3 Å². The lowest BCUT2D eigenvalue weighted by molar-refractivity contribution is -0.919. The standard InChI is InChI=1S/C12H18N2O2/c1-2-6-14-11(15)9-10(12(14)16)13-7-4-3-5-8-13/h2,10H,1,3-9H2/p+1/t10-/m0/s1. The SMILES string of the molecule is C=CCN1C(=O)C[C@H]([NH+]2CCCCC2)C1=O. The normalized spacial score (nSPS) is 27.5. The van der Waals surface area contributed by atoms with E-state index in [2.05, 4.69) is 6.58 Å². The molecule has 1 atom stereocenters. The molecule has 0 aromatic rings. The fourth-order valence-corrected chi connectivity index (χ4v) is 2.68. The minimum absolute atomic E-state index is 0.00167. The summed E-state index contributed by atoms with van der Waals surface area (Å²) >= 11 is 0. The van der Waals surface area contributed by atoms with Gasteiger partial charge in [0.2, 0.25) is 5.91 Å². The molecule has 2 aliphatic rings. The molecular formula is C12H19N2O2+. The van der Waals surface area contributed by atoms with Crippen molar-refractivity contribution in [3.05, 3.63) is 12.7 Å². The van der Waals surface area contributed by atoms with E-state index >= 15 is 0 Å². The summed E-state index contributed by atoms with van der Waals surface area (Å²) < 4.78 is 0. The van der Waals surface area contributed by atoms with Gasteiger partial charge in [-0.15, -0.1) is 6.58 Å². The molecule has 2 aliphatic heterocycles. The van der Waals surface area contributed by atoms with Crippen molar-refractivity contribution in [3.8, 4) is 0 Å². The number of piperidine rings is 1. The van der Waals surface area contributed by atoms with Gasteiger partial charge >= 0.3 is 0 Å². The molecule has 0 aromatic carbocycles. The fourth-order valence-electron chi connectivity index (χ4n) is 2.68. The Morgan fingerprint density at radius 1 is 1.31 bits per heavy atom. The average molecular weight is 223 g/mol. The number of carbonyl (C=O) groups excluding carboxylic acids is 2. The van der Waals surface area contributed by atoms with Crippen LogP contribution in [0.3, 0.4) is 0 Å². The van der Waals surface area contributed by atoms with E-state index in [0.29, 0.717) is 13.0 Å². The molecule has 16 heavy (non-hydrogen) atoms. The maximum Gasteiger partial charge on any atom is 0.288 e. The van der Waals surface area contributed by atoms with Gasteiger partial charge in [0.05, 0.1) is 19.5 Å². The van der Waals surface area contributed by atoms with Crippen molar-refractivity contribution in [1.29, 1.82) is 0 Å². The van der Waals surface area contributed by atoms with E-state index in [-0.39, 0.29) is 17.9 Å². The smallest absolute Gasteiger partial charge is 0.288 e. The molecule has 2 heterocycles. The molecule has 2 rings (SSSR count). The Labute approximate surface area is 95.9 Å². The van der Waals surface area contributed by atoms with Crippen molar-refractivity contribution >= 4 is 11.8 Å². The Bertz CT molecular complexity index is 308. The summed E-state index contributed by atoms with van der Waals surface area (Å²) in [5.41, 5.74) is 0. The van der Waals surface area contributed by atoms with Gasteiger partial charge in [0.15, 0.2) is 6.04 Å². The second-order valence-corrected chi connectivity index (χ2v) is 4.61. The molecule has 0 aliphatic carbocycles. The van der Waals surface area contributed by atoms with Crippen molar-refractivity contribution in [2.75, 3.05) is 19.6 Å². The number of hydrogen-bond acceptors (Lipinski definition) is 2. The number of amides is 2. The second kappa shape index (κ2) is 4.78. The van der Waals surface area contributed by atoms with Crippen LogP contribution in [-0.2, 0) is 9.59 Å². The van der Waals surface area contributed by atoms with Crippen LogP contribution in [0.5, 0.6) is 0 Å². The molecule has 2 amide bonds. The number of likely N-dealkylation sites (tertiary alicyclic amines) is 2. The van der Waals surface area contributed by atoms with Crippen molar-refractivity contribution < 1.29 is 14.5 Å². The van der Waals surface area contributed by atoms with Crippen LogP contribution in [0, 0.1) is 0 Å². The molecule has 0 bridgehead atoms. The highest BCUT2D eigenvalue weighted by Crippen LogP contribution is 2.11. The van der Waals surface area contributed by atoms with E-state index in [9.17, 15) is 9.59 Å². The van der Waals surface area contributed by atoms with Crippen molar-refractivity contribution in [2.24, 2.45) is 0 Å². The maximum atomic E-state index is 12.0. The van der Waals surface area contributed by atoms with Gasteiger partial charge in [-0.25, -0.2) is 0 Å². The molecule has 0 radical (unpaired) electrons. The number of rotatable bonds is 3. The predicted molar refractivity (Wildman–Crippen MR) is 59.9 cm³/mol. The zero-order valence-electron chi connectivity index (χ0n) is 9.58. The molecule has 88 valence electrons. The van der Waals surface area contributed by atoms with Crippen LogP contribution >= 0.6 is 0 Å². The zero-order valence-corrected chi connectivity index (χ0v) is 9.58. The average Bonchev–Trinajstić information content (AvgIpc) is 2.59. The molecule has 1 N–H and O–H groups in total. The van der Waals surface area contributed by atoms with Crippen LogP contribution in [0.15, 0.2) is 12.7 Å². The lowest BCUT2D eigenvalue weighted by atomic mass is 10.1. The first-order valence-electron chi connectivity index (χ1n) is 6.03. The van der Waals surface area contributed by atoms with E-state index in [1.165, 1.54) is 29.1 Å². The van der Waals surface area contributed by atoms with E-state index in [0.717, 1.165) is 13.1 Å². The third-order valence-electron chi connectivity index (χ3n) is 3.54. The van der Waals surface area contributed by atoms with Crippen LogP contribution in [0.1, 0.15) is 25.7 Å². The first-order chi connectivity index (χ1) is 7.74. The minimum atomic E-state index is -0.118. The molecular weight excluding hydrogens is 204 g/mol. The molecule has 0 saturated carbocycles. The van der Waals surface area contributed by atoms with Gasteiger partial charge in [0, 0.05) is 6.54 Å². The Kier molecular flexibility index (Phi) is 3.39. The molecule has 0 aromatic heterocycles. The Morgan fingerprint density at radius 2 is 2.00 bits per heavy atom. The van der Waals surface area contributed by atoms with E-state index in [1.54, 1.807) is 6.08 Å². The summed E-state index contributed by atoms with van der Waals surface area (Å²) in [4.78, 5) is 26.4. The van der Waals surface area contributed by atoms with Crippen LogP contribution in [0.4, 0.5) is 0 Å². The largest absolute Gasteiger partial charge is 0.324 e. The number of hydrogen-bond donors (Lipinski definition) is 1. The van der Waals surface area contributed by atoms with Crippen LogP contribution < -0.4 is 4.90 Å². The second-order valence-electron chi connectivity index (χ2n) is 4.61. The van der Waals surface area contributed by atoms with Gasteiger partial charge in [-0.2, -0.15) is 0 Å². The van der Waals surface area contributed by atoms with E-state index < -0.39 is 0 Å². The third kappa shape index (κ3) is 2.02. The summed E-state index contributed by atoms with van der Waals surface area (Å²) in [5, 5.41) is 0. The van der Waals surface area contributed by atoms with Gasteiger partial charge < -0.3 is 4.90 Å². The maximum absolute atomic E-state index is 12.0. The zero-order chi connectivity index (χ0) is 11.5. The van der Waals surface area contributed by atoms with Gasteiger partial charge in [-0.3, -0.25) is 14.5 Å². The number of imide groups is 1. The Hall–Kier alpha value is -1.16. The third-order valence-corrected chi connectivity index (χ3v) is 3.54. The lowest BCUT2D eigenvalue weighted by Gasteiger charge is -2.27. The van der Waals surface area contributed by atoms with Crippen LogP contribution in [0.25, 0.3) is 0 Å². The van der Waals surface area contributed by atoms with E-state index in [4.69, 9.17) is 0 Å². The number of quaternary nitrogens is 1. The highest BCUT2D eigenvalue weighted by atomic mass is 16.2. The summed E-state index contributed by atoms with van der Waals surface area (Å²) in [5.74, 6) is -0.0326. The van der Waals surface area contributed by atoms with Gasteiger partial charge in [0.1, 0.15) is 0 Å². The first-order valence-corrected chi connectivity index (χ1v) is 6.03. The summed E-state index contributed by atoms with van der Waals surface area (Å²) in [7, 11) is 0. The first kappa shape index (κ1) is 11.3. The molecule has 2 saturated heterocycles. The Morgan fingerprint density at radius 3 is 2.62 bits per heavy atom. The summed E-state index contributed by atoms with van der Waals surface area (Å²) in [6.45, 7) is 6.01. The van der Waals surface area contributed by atoms with Crippen LogP contribution in [-0.4, -0.2) is 42.4 Å². The van der Waals surface area contributed by atoms with Crippen molar-refractivity contribution in [1.82, 2.24) is 4.90 Å². The fraction of sp³-hybridized carbons (Fsp3) is 0.667. The molecule has 4 nitrogen and oxygen atoms in total. The molecule has 2 fully saturated rings. The minimum Gasteiger partial charge on any atom is -0.324 e. The number of carbonyl (C=O) groups is 2. The summed E-state index contributed by atoms with van der Waals surface area (Å²) in [6, 6.07) is -0.118. The number of nitrogens with one attached hydrogen (secondary N) is 1. The quantitative estimate of drug-likeness (QED) is 0.511. The monoisotopic (exact) mass is 223 g/mol. The van der Waals surface area contributed by atoms with Gasteiger partial charge in [-0.1, -0.05) is 6.08 Å². The number of nitrogens with zero attached hydrogens (tertiary/aromatic N) is 1. The molecule has 0 unspecified atom stereocenters. The van der Waals surface area contributed by atoms with Gasteiger partial charge in [0.25, 0.3) is 5.91 Å². The topological polar surface area (TPSA) is 41.8 Å². The summed E-state index contributed by atoms with van der Waals surface area (Å²) in [6.07, 6.45) is 5.62. The predicted octanol–water partition coefficient (Wildman–Crippen LogP) is -0.631. The molecule has 4 heteroatoms. The Balaban J connectivity index is 2.04. The van der Waals surface area contributed by atoms with Crippen molar-refractivity contribution in [2.45, 2.75) is 31.7 Å². The highest BCUT2D eigenvalue weighted by Gasteiger charge is 2.44. The van der Waals surface area contributed by atoms with Crippen molar-refractivity contribution in [3.63, 3.8) is 0 Å². The van der Waals surface area contributed by atoms with Crippen LogP contribution in [0.2, 0.25) is 0 Å².